The highest BCUT2D eigenvalue weighted by Gasteiger charge is 2.32. The molecule has 0 spiro atoms. The Bertz CT molecular complexity index is 854. The van der Waals surface area contributed by atoms with Crippen molar-refractivity contribution in [2.24, 2.45) is 21.1 Å². The SMILES string of the molecule is C=C(N/C=C(\N)C(F)(F)F)C1CN=C(C2=CCC(OCC(C)(C)C(=O)OC)C=C2)C=N1. The van der Waals surface area contributed by atoms with Crippen molar-refractivity contribution in [2.45, 2.75) is 38.6 Å². The summed E-state index contributed by atoms with van der Waals surface area (Å²) >= 11 is 0. The van der Waals surface area contributed by atoms with Gasteiger partial charge in [0.25, 0.3) is 0 Å². The van der Waals surface area contributed by atoms with Crippen molar-refractivity contribution in [3.05, 3.63) is 48.0 Å². The smallest absolute Gasteiger partial charge is 0.432 e. The molecule has 31 heavy (non-hydrogen) atoms. The predicted octanol–water partition coefficient (Wildman–Crippen LogP) is 2.82. The third kappa shape index (κ3) is 6.81. The van der Waals surface area contributed by atoms with Gasteiger partial charge in [-0.1, -0.05) is 24.8 Å². The van der Waals surface area contributed by atoms with Crippen LogP contribution in [0.4, 0.5) is 13.2 Å². The fourth-order valence-electron chi connectivity index (χ4n) is 2.71. The van der Waals surface area contributed by atoms with E-state index in [1.807, 2.05) is 18.2 Å². The summed E-state index contributed by atoms with van der Waals surface area (Å²) in [4.78, 5) is 20.5. The fraction of sp³-hybridized carbons (Fsp3) is 0.476. The number of aliphatic imine (C=N–C) groups is 2. The summed E-state index contributed by atoms with van der Waals surface area (Å²) in [5.74, 6) is -0.335. The summed E-state index contributed by atoms with van der Waals surface area (Å²) in [6.07, 6.45) is 3.76. The first-order chi connectivity index (χ1) is 14.4. The number of carbonyl (C=O) groups is 1. The van der Waals surface area contributed by atoms with Crippen LogP contribution in [0.3, 0.4) is 0 Å². The van der Waals surface area contributed by atoms with E-state index >= 15 is 0 Å². The van der Waals surface area contributed by atoms with E-state index in [0.717, 1.165) is 5.57 Å². The molecule has 0 aromatic carbocycles. The molecule has 2 unspecified atom stereocenters. The molecule has 0 amide bonds. The van der Waals surface area contributed by atoms with Gasteiger partial charge in [0.05, 0.1) is 37.5 Å². The van der Waals surface area contributed by atoms with E-state index in [2.05, 4.69) is 21.9 Å². The third-order valence-corrected chi connectivity index (χ3v) is 4.71. The maximum absolute atomic E-state index is 12.4. The Hall–Kier alpha value is -2.88. The molecule has 0 saturated carbocycles. The number of nitrogens with two attached hydrogens (primary N) is 1. The van der Waals surface area contributed by atoms with Crippen molar-refractivity contribution in [2.75, 3.05) is 20.3 Å². The number of nitrogens with one attached hydrogen (secondary N) is 1. The number of hydrogen-bond donors (Lipinski definition) is 2. The van der Waals surface area contributed by atoms with Gasteiger partial charge in [0.2, 0.25) is 0 Å². The van der Waals surface area contributed by atoms with Crippen LogP contribution in [-0.4, -0.2) is 56.5 Å². The highest BCUT2D eigenvalue weighted by molar-refractivity contribution is 6.39. The third-order valence-electron chi connectivity index (χ3n) is 4.71. The van der Waals surface area contributed by atoms with Crippen LogP contribution in [0.1, 0.15) is 20.3 Å². The Kier molecular flexibility index (Phi) is 7.83. The van der Waals surface area contributed by atoms with Gasteiger partial charge >= 0.3 is 12.1 Å². The van der Waals surface area contributed by atoms with Crippen LogP contribution in [0, 0.1) is 5.41 Å². The van der Waals surface area contributed by atoms with Gasteiger partial charge in [-0.3, -0.25) is 14.8 Å². The van der Waals surface area contributed by atoms with E-state index in [1.165, 1.54) is 7.11 Å². The highest BCUT2D eigenvalue weighted by atomic mass is 19.4. The molecule has 0 bridgehead atoms. The van der Waals surface area contributed by atoms with E-state index in [0.29, 0.717) is 18.3 Å². The lowest BCUT2D eigenvalue weighted by Crippen LogP contribution is -2.32. The molecule has 1 aliphatic carbocycles. The standard InChI is InChI=1S/C21H27F3N4O3/c1-13(26-11-18(25)21(22,23)24)16-9-28-17(10-27-16)14-5-7-15(8-6-14)31-12-20(2,3)19(29)30-4/h5-7,10-11,15-16,26H,1,8-9,12,25H2,2-4H3/b18-11-. The predicted molar refractivity (Wildman–Crippen MR) is 113 cm³/mol. The Balaban J connectivity index is 1.86. The molecular formula is C21H27F3N4O3. The highest BCUT2D eigenvalue weighted by Crippen LogP contribution is 2.23. The van der Waals surface area contributed by atoms with Gasteiger partial charge < -0.3 is 20.5 Å². The molecule has 0 aromatic heterocycles. The molecule has 3 N–H and O–H groups in total. The lowest BCUT2D eigenvalue weighted by molar-refractivity contribution is -0.154. The monoisotopic (exact) mass is 440 g/mol. The molecule has 2 rings (SSSR count). The van der Waals surface area contributed by atoms with Gasteiger partial charge in [0.1, 0.15) is 11.7 Å². The molecule has 1 heterocycles. The largest absolute Gasteiger partial charge is 0.469 e. The molecular weight excluding hydrogens is 413 g/mol. The minimum atomic E-state index is -4.61. The van der Waals surface area contributed by atoms with E-state index in [-0.39, 0.29) is 30.9 Å². The Morgan fingerprint density at radius 1 is 1.42 bits per heavy atom. The van der Waals surface area contributed by atoms with Gasteiger partial charge in [0, 0.05) is 18.1 Å². The number of halogens is 3. The average molecular weight is 440 g/mol. The van der Waals surface area contributed by atoms with E-state index < -0.39 is 23.3 Å². The second-order valence-electron chi connectivity index (χ2n) is 7.77. The molecule has 0 radical (unpaired) electrons. The molecule has 0 aromatic rings. The van der Waals surface area contributed by atoms with E-state index in [9.17, 15) is 18.0 Å². The zero-order valence-corrected chi connectivity index (χ0v) is 17.7. The van der Waals surface area contributed by atoms with E-state index in [1.54, 1.807) is 20.1 Å². The minimum absolute atomic E-state index is 0.170. The molecule has 0 saturated heterocycles. The number of rotatable bonds is 8. The Morgan fingerprint density at radius 2 is 2.13 bits per heavy atom. The van der Waals surface area contributed by atoms with Crippen LogP contribution in [0.2, 0.25) is 0 Å². The van der Waals surface area contributed by atoms with Crippen molar-refractivity contribution in [1.82, 2.24) is 5.32 Å². The van der Waals surface area contributed by atoms with Gasteiger partial charge in [-0.05, 0) is 25.8 Å². The summed E-state index contributed by atoms with van der Waals surface area (Å²) in [5, 5.41) is 2.43. The molecule has 170 valence electrons. The van der Waals surface area contributed by atoms with Gasteiger partial charge in [-0.25, -0.2) is 0 Å². The number of esters is 1. The summed E-state index contributed by atoms with van der Waals surface area (Å²) in [6.45, 7) is 7.68. The van der Waals surface area contributed by atoms with Crippen molar-refractivity contribution in [3.8, 4) is 0 Å². The first-order valence-electron chi connectivity index (χ1n) is 9.58. The summed E-state index contributed by atoms with van der Waals surface area (Å²) in [5.41, 5.74) is 4.76. The molecule has 10 heteroatoms. The average Bonchev–Trinajstić information content (AvgIpc) is 2.75. The number of ether oxygens (including phenoxy) is 2. The number of alkyl halides is 3. The summed E-state index contributed by atoms with van der Waals surface area (Å²) in [6, 6.07) is -0.495. The van der Waals surface area contributed by atoms with Crippen LogP contribution in [0.5, 0.6) is 0 Å². The zero-order chi connectivity index (χ0) is 23.2. The minimum Gasteiger partial charge on any atom is -0.469 e. The van der Waals surface area contributed by atoms with Crippen molar-refractivity contribution >= 4 is 17.9 Å². The molecule has 0 fully saturated rings. The number of nitrogens with zero attached hydrogens (tertiary/aromatic N) is 2. The first kappa shape index (κ1) is 24.4. The number of methoxy groups -OCH3 is 1. The molecule has 7 nitrogen and oxygen atoms in total. The fourth-order valence-corrected chi connectivity index (χ4v) is 2.71. The normalized spacial score (nSPS) is 21.9. The van der Waals surface area contributed by atoms with Gasteiger partial charge in [-0.15, -0.1) is 0 Å². The van der Waals surface area contributed by atoms with Crippen LogP contribution in [0.25, 0.3) is 0 Å². The summed E-state index contributed by atoms with van der Waals surface area (Å²) in [7, 11) is 1.34. The second kappa shape index (κ2) is 9.95. The molecule has 2 atom stereocenters. The second-order valence-corrected chi connectivity index (χ2v) is 7.77. The van der Waals surface area contributed by atoms with Gasteiger partial charge in [-0.2, -0.15) is 13.2 Å². The Morgan fingerprint density at radius 3 is 2.65 bits per heavy atom. The van der Waals surface area contributed by atoms with Crippen LogP contribution in [0.15, 0.2) is 58.0 Å². The van der Waals surface area contributed by atoms with Crippen molar-refractivity contribution < 1.29 is 27.4 Å². The lowest BCUT2D eigenvalue weighted by Gasteiger charge is -2.25. The molecule has 1 aliphatic heterocycles. The van der Waals surface area contributed by atoms with Gasteiger partial charge in [0.15, 0.2) is 0 Å². The Labute approximate surface area is 179 Å². The van der Waals surface area contributed by atoms with Crippen LogP contribution < -0.4 is 11.1 Å². The quantitative estimate of drug-likeness (QED) is 0.566. The lowest BCUT2D eigenvalue weighted by atomic mass is 9.94. The van der Waals surface area contributed by atoms with Crippen molar-refractivity contribution in [1.29, 1.82) is 0 Å². The topological polar surface area (TPSA) is 98.3 Å². The maximum atomic E-state index is 12.4. The zero-order valence-electron chi connectivity index (χ0n) is 17.7. The van der Waals surface area contributed by atoms with Crippen LogP contribution >= 0.6 is 0 Å². The molecule has 2 aliphatic rings. The van der Waals surface area contributed by atoms with Crippen molar-refractivity contribution in [3.63, 3.8) is 0 Å². The first-order valence-corrected chi connectivity index (χ1v) is 9.58. The maximum Gasteiger partial charge on any atom is 0.432 e. The number of allylic oxidation sites excluding steroid dienone is 3. The van der Waals surface area contributed by atoms with Crippen LogP contribution in [-0.2, 0) is 14.3 Å². The number of hydrogen-bond acceptors (Lipinski definition) is 7. The number of carbonyl (C=O) groups excluding carboxylic acids is 1. The summed E-state index contributed by atoms with van der Waals surface area (Å²) < 4.78 is 47.9. The van der Waals surface area contributed by atoms with E-state index in [4.69, 9.17) is 15.2 Å².